The maximum Gasteiger partial charge on any atom is 0.0631 e. The number of anilines is 1. The molecule has 0 aliphatic carbocycles. The third-order valence-electron chi connectivity index (χ3n) is 3.83. The predicted octanol–water partition coefficient (Wildman–Crippen LogP) is 5.75. The van der Waals surface area contributed by atoms with Gasteiger partial charge in [0.05, 0.1) is 17.4 Å². The molecule has 0 spiro atoms. The first-order valence-electron chi connectivity index (χ1n) is 8.56. The molecule has 0 bridgehead atoms. The van der Waals surface area contributed by atoms with Gasteiger partial charge in [-0.3, -0.25) is 5.01 Å². The largest absolute Gasteiger partial charge is 0.262 e. The zero-order chi connectivity index (χ0) is 16.5. The molecule has 1 aromatic carbocycles. The summed E-state index contributed by atoms with van der Waals surface area (Å²) in [7, 11) is 0. The summed E-state index contributed by atoms with van der Waals surface area (Å²) in [5, 5.41) is 7.04. The number of para-hydroxylation sites is 1. The van der Waals surface area contributed by atoms with Crippen molar-refractivity contribution >= 4 is 11.4 Å². The SMILES string of the molecule is C/C=C\C/C=C\C=C\C1=NN(c2ccccc2)C(CC(C)C)C1. The summed E-state index contributed by atoms with van der Waals surface area (Å²) < 4.78 is 0. The third kappa shape index (κ3) is 5.55. The molecule has 2 nitrogen and oxygen atoms in total. The van der Waals surface area contributed by atoms with E-state index in [0.29, 0.717) is 12.0 Å². The van der Waals surface area contributed by atoms with Gasteiger partial charge in [0.15, 0.2) is 0 Å². The van der Waals surface area contributed by atoms with Crippen molar-refractivity contribution in [1.29, 1.82) is 0 Å². The van der Waals surface area contributed by atoms with Crippen molar-refractivity contribution < 1.29 is 0 Å². The fourth-order valence-corrected chi connectivity index (χ4v) is 2.81. The average Bonchev–Trinajstić information content (AvgIpc) is 2.93. The Morgan fingerprint density at radius 1 is 1.17 bits per heavy atom. The van der Waals surface area contributed by atoms with Crippen LogP contribution in [0.15, 0.2) is 71.9 Å². The second-order valence-corrected chi connectivity index (χ2v) is 6.35. The van der Waals surface area contributed by atoms with E-state index < -0.39 is 0 Å². The minimum absolute atomic E-state index is 0.462. The Labute approximate surface area is 140 Å². The highest BCUT2D eigenvalue weighted by molar-refractivity contribution is 5.98. The number of rotatable bonds is 7. The molecule has 122 valence electrons. The summed E-state index contributed by atoms with van der Waals surface area (Å²) >= 11 is 0. The minimum atomic E-state index is 0.462. The van der Waals surface area contributed by atoms with Crippen molar-refractivity contribution in [2.24, 2.45) is 11.0 Å². The Bertz CT molecular complexity index is 579. The molecule has 23 heavy (non-hydrogen) atoms. The molecule has 0 aromatic heterocycles. The summed E-state index contributed by atoms with van der Waals surface area (Å²) in [6.07, 6.45) is 15.9. The lowest BCUT2D eigenvalue weighted by Crippen LogP contribution is -2.27. The second kappa shape index (κ2) is 9.14. The topological polar surface area (TPSA) is 15.6 Å². The highest BCUT2D eigenvalue weighted by atomic mass is 15.5. The maximum atomic E-state index is 4.84. The van der Waals surface area contributed by atoms with Gasteiger partial charge in [-0.25, -0.2) is 0 Å². The molecule has 1 aliphatic rings. The first kappa shape index (κ1) is 17.3. The molecule has 0 saturated carbocycles. The smallest absolute Gasteiger partial charge is 0.0631 e. The molecule has 1 aromatic rings. The van der Waals surface area contributed by atoms with E-state index in [1.165, 1.54) is 5.69 Å². The van der Waals surface area contributed by atoms with Crippen molar-refractivity contribution in [3.8, 4) is 0 Å². The molecule has 1 atom stereocenters. The molecular formula is C21H28N2. The molecule has 1 heterocycles. The van der Waals surface area contributed by atoms with E-state index in [-0.39, 0.29) is 0 Å². The van der Waals surface area contributed by atoms with Gasteiger partial charge in [0.2, 0.25) is 0 Å². The van der Waals surface area contributed by atoms with Gasteiger partial charge in [-0.05, 0) is 43.9 Å². The highest BCUT2D eigenvalue weighted by Crippen LogP contribution is 2.28. The zero-order valence-electron chi connectivity index (χ0n) is 14.5. The second-order valence-electron chi connectivity index (χ2n) is 6.35. The van der Waals surface area contributed by atoms with Crippen LogP contribution < -0.4 is 5.01 Å². The molecule has 2 rings (SSSR count). The van der Waals surface area contributed by atoms with Gasteiger partial charge in [-0.15, -0.1) is 0 Å². The Morgan fingerprint density at radius 3 is 2.65 bits per heavy atom. The van der Waals surface area contributed by atoms with Crippen LogP contribution in [0.3, 0.4) is 0 Å². The van der Waals surface area contributed by atoms with Crippen LogP contribution in [-0.2, 0) is 0 Å². The van der Waals surface area contributed by atoms with E-state index in [0.717, 1.165) is 25.0 Å². The Hall–Kier alpha value is -2.09. The summed E-state index contributed by atoms with van der Waals surface area (Å²) in [5.41, 5.74) is 2.35. The molecular weight excluding hydrogens is 280 g/mol. The van der Waals surface area contributed by atoms with Crippen LogP contribution in [-0.4, -0.2) is 11.8 Å². The van der Waals surface area contributed by atoms with Gasteiger partial charge in [-0.2, -0.15) is 5.10 Å². The number of hydrazone groups is 1. The summed E-state index contributed by atoms with van der Waals surface area (Å²) in [6.45, 7) is 6.60. The van der Waals surface area contributed by atoms with E-state index >= 15 is 0 Å². The zero-order valence-corrected chi connectivity index (χ0v) is 14.5. The molecule has 0 amide bonds. The van der Waals surface area contributed by atoms with Crippen molar-refractivity contribution in [1.82, 2.24) is 0 Å². The average molecular weight is 308 g/mol. The standard InChI is InChI=1S/C21H28N2/c1-4-5-6-7-8-10-13-19-17-21(16-18(2)3)23(22-19)20-14-11-9-12-15-20/h4-5,7-15,18,21H,6,16-17H2,1-3H3/b5-4-,8-7-,13-10+. The molecule has 0 radical (unpaired) electrons. The lowest BCUT2D eigenvalue weighted by atomic mass is 9.99. The first-order valence-corrected chi connectivity index (χ1v) is 8.56. The lowest BCUT2D eigenvalue weighted by molar-refractivity contribution is 0.493. The first-order chi connectivity index (χ1) is 11.2. The number of allylic oxidation sites excluding steroid dienone is 6. The molecule has 0 saturated heterocycles. The van der Waals surface area contributed by atoms with Gasteiger partial charge < -0.3 is 0 Å². The van der Waals surface area contributed by atoms with Gasteiger partial charge >= 0.3 is 0 Å². The molecule has 1 aliphatic heterocycles. The van der Waals surface area contributed by atoms with Crippen molar-refractivity contribution in [2.45, 2.75) is 46.1 Å². The normalized spacial score (nSPS) is 18.9. The van der Waals surface area contributed by atoms with Crippen LogP contribution in [0.1, 0.15) is 40.0 Å². The van der Waals surface area contributed by atoms with Gasteiger partial charge in [0.1, 0.15) is 0 Å². The molecule has 2 heteroatoms. The molecule has 0 fully saturated rings. The molecule has 1 unspecified atom stereocenters. The fraction of sp³-hybridized carbons (Fsp3) is 0.381. The summed E-state index contributed by atoms with van der Waals surface area (Å²) in [4.78, 5) is 0. The van der Waals surface area contributed by atoms with Crippen LogP contribution >= 0.6 is 0 Å². The van der Waals surface area contributed by atoms with Crippen molar-refractivity contribution in [2.75, 3.05) is 5.01 Å². The van der Waals surface area contributed by atoms with E-state index in [1.54, 1.807) is 0 Å². The van der Waals surface area contributed by atoms with Crippen molar-refractivity contribution in [3.63, 3.8) is 0 Å². The van der Waals surface area contributed by atoms with E-state index in [1.807, 2.05) is 6.92 Å². The Balaban J connectivity index is 2.06. The third-order valence-corrected chi connectivity index (χ3v) is 3.83. The number of hydrogen-bond acceptors (Lipinski definition) is 2. The monoisotopic (exact) mass is 308 g/mol. The van der Waals surface area contributed by atoms with Crippen LogP contribution in [0, 0.1) is 5.92 Å². The maximum absolute atomic E-state index is 4.84. The summed E-state index contributed by atoms with van der Waals surface area (Å²) in [6, 6.07) is 11.0. The van der Waals surface area contributed by atoms with E-state index in [2.05, 4.69) is 85.6 Å². The van der Waals surface area contributed by atoms with Gasteiger partial charge in [0.25, 0.3) is 0 Å². The lowest BCUT2D eigenvalue weighted by Gasteiger charge is -2.24. The van der Waals surface area contributed by atoms with Crippen LogP contribution in [0.25, 0.3) is 0 Å². The highest BCUT2D eigenvalue weighted by Gasteiger charge is 2.26. The van der Waals surface area contributed by atoms with Crippen LogP contribution in [0.4, 0.5) is 5.69 Å². The van der Waals surface area contributed by atoms with Crippen LogP contribution in [0.2, 0.25) is 0 Å². The number of nitrogens with zero attached hydrogens (tertiary/aromatic N) is 2. The predicted molar refractivity (Wildman–Crippen MR) is 102 cm³/mol. The van der Waals surface area contributed by atoms with E-state index in [9.17, 15) is 0 Å². The summed E-state index contributed by atoms with van der Waals surface area (Å²) in [5.74, 6) is 0.672. The van der Waals surface area contributed by atoms with Crippen molar-refractivity contribution in [3.05, 3.63) is 66.8 Å². The van der Waals surface area contributed by atoms with Gasteiger partial charge in [-0.1, -0.05) is 62.4 Å². The quantitative estimate of drug-likeness (QED) is 0.463. The fourth-order valence-electron chi connectivity index (χ4n) is 2.81. The number of hydrogen-bond donors (Lipinski definition) is 0. The van der Waals surface area contributed by atoms with Gasteiger partial charge in [0, 0.05) is 6.42 Å². The Kier molecular flexibility index (Phi) is 6.86. The van der Waals surface area contributed by atoms with E-state index in [4.69, 9.17) is 5.10 Å². The minimum Gasteiger partial charge on any atom is -0.262 e. The molecule has 0 N–H and O–H groups in total. The number of benzene rings is 1. The van der Waals surface area contributed by atoms with Crippen LogP contribution in [0.5, 0.6) is 0 Å². The Morgan fingerprint density at radius 2 is 1.96 bits per heavy atom.